The molecule has 1 aromatic carbocycles. The molecular formula is C25H27N7O4. The molecule has 3 N–H and O–H groups in total. The fourth-order valence-corrected chi connectivity index (χ4v) is 3.84. The Kier molecular flexibility index (Phi) is 7.28. The van der Waals surface area contributed by atoms with Gasteiger partial charge in [-0.05, 0) is 30.7 Å². The summed E-state index contributed by atoms with van der Waals surface area (Å²) in [6, 6.07) is 12.2. The predicted octanol–water partition coefficient (Wildman–Crippen LogP) is 2.36. The number of amides is 1. The number of nitrogens with two attached hydrogens (primary N) is 1. The van der Waals surface area contributed by atoms with Crippen molar-refractivity contribution in [3.8, 4) is 11.6 Å². The number of nitrogens with one attached hydrogen (secondary N) is 1. The van der Waals surface area contributed by atoms with Crippen molar-refractivity contribution >= 4 is 17.4 Å². The molecule has 36 heavy (non-hydrogen) atoms. The topological polar surface area (TPSA) is 141 Å². The summed E-state index contributed by atoms with van der Waals surface area (Å²) in [6.45, 7) is 2.26. The molecule has 11 nitrogen and oxygen atoms in total. The van der Waals surface area contributed by atoms with Gasteiger partial charge in [-0.1, -0.05) is 31.5 Å². The van der Waals surface area contributed by atoms with Crippen molar-refractivity contribution < 1.29 is 9.53 Å². The van der Waals surface area contributed by atoms with Crippen LogP contribution in [0.25, 0.3) is 5.82 Å². The molecule has 0 spiro atoms. The van der Waals surface area contributed by atoms with E-state index in [9.17, 15) is 14.4 Å². The van der Waals surface area contributed by atoms with Crippen LogP contribution in [0, 0.1) is 0 Å². The number of ether oxygens (including phenoxy) is 1. The first-order valence-electron chi connectivity index (χ1n) is 11.5. The van der Waals surface area contributed by atoms with Gasteiger partial charge in [-0.2, -0.15) is 5.10 Å². The molecule has 0 saturated carbocycles. The zero-order valence-electron chi connectivity index (χ0n) is 20.0. The highest BCUT2D eigenvalue weighted by atomic mass is 16.5. The van der Waals surface area contributed by atoms with Crippen LogP contribution in [0.1, 0.15) is 35.7 Å². The average Bonchev–Trinajstić information content (AvgIpc) is 3.43. The highest BCUT2D eigenvalue weighted by Gasteiger charge is 2.27. The van der Waals surface area contributed by atoms with Crippen molar-refractivity contribution in [2.75, 3.05) is 17.7 Å². The fraction of sp³-hybridized carbons (Fsp3) is 0.240. The van der Waals surface area contributed by atoms with Gasteiger partial charge in [0.25, 0.3) is 11.5 Å². The van der Waals surface area contributed by atoms with Crippen LogP contribution in [0.3, 0.4) is 0 Å². The maximum Gasteiger partial charge on any atom is 0.330 e. The first-order valence-corrected chi connectivity index (χ1v) is 11.5. The summed E-state index contributed by atoms with van der Waals surface area (Å²) >= 11 is 0. The Labute approximate surface area is 206 Å². The number of benzene rings is 1. The van der Waals surface area contributed by atoms with Crippen molar-refractivity contribution in [1.29, 1.82) is 0 Å². The third-order valence-corrected chi connectivity index (χ3v) is 5.72. The maximum absolute atomic E-state index is 13.8. The number of pyridine rings is 1. The molecule has 0 fully saturated rings. The van der Waals surface area contributed by atoms with Crippen molar-refractivity contribution in [3.63, 3.8) is 0 Å². The number of hydrogen-bond acceptors (Lipinski definition) is 7. The van der Waals surface area contributed by atoms with Crippen molar-refractivity contribution in [2.24, 2.45) is 0 Å². The first kappa shape index (κ1) is 24.5. The summed E-state index contributed by atoms with van der Waals surface area (Å²) in [7, 11) is 1.52. The Morgan fingerprint density at radius 1 is 1.17 bits per heavy atom. The van der Waals surface area contributed by atoms with Crippen LogP contribution >= 0.6 is 0 Å². The van der Waals surface area contributed by atoms with Crippen molar-refractivity contribution in [1.82, 2.24) is 24.3 Å². The summed E-state index contributed by atoms with van der Waals surface area (Å²) in [5.74, 6) is 0.468. The molecule has 3 heterocycles. The SMILES string of the molecule is CCCCn1c(N)c(N(Cc2ccccc2OC)C(=O)c2ccc(-n3cccn3)nc2)c(=O)[nH]c1=O. The fourth-order valence-electron chi connectivity index (χ4n) is 3.84. The van der Waals surface area contributed by atoms with E-state index in [4.69, 9.17) is 10.5 Å². The van der Waals surface area contributed by atoms with Gasteiger partial charge >= 0.3 is 5.69 Å². The standard InChI is InChI=1S/C25H27N7O4/c1-3-4-13-30-22(26)21(23(33)29-25(30)35)31(16-18-8-5-6-9-19(18)36-2)24(34)17-10-11-20(27-15-17)32-14-7-12-28-32/h5-12,14-15H,3-4,13,16,26H2,1-2H3,(H,29,33,35). The predicted molar refractivity (Wildman–Crippen MR) is 136 cm³/mol. The minimum absolute atomic E-state index is 0.0248. The van der Waals surface area contributed by atoms with Gasteiger partial charge < -0.3 is 10.5 Å². The Morgan fingerprint density at radius 2 is 1.97 bits per heavy atom. The zero-order valence-corrected chi connectivity index (χ0v) is 20.0. The number of nitrogens with zero attached hydrogens (tertiary/aromatic N) is 5. The lowest BCUT2D eigenvalue weighted by Gasteiger charge is -2.25. The van der Waals surface area contributed by atoms with Crippen LogP contribution in [-0.2, 0) is 13.1 Å². The molecule has 0 atom stereocenters. The van der Waals surface area contributed by atoms with E-state index in [0.717, 1.165) is 6.42 Å². The monoisotopic (exact) mass is 489 g/mol. The van der Waals surface area contributed by atoms with Gasteiger partial charge in [0, 0.05) is 30.7 Å². The number of hydrogen-bond donors (Lipinski definition) is 2. The second kappa shape index (κ2) is 10.7. The maximum atomic E-state index is 13.8. The molecule has 186 valence electrons. The minimum Gasteiger partial charge on any atom is -0.496 e. The zero-order chi connectivity index (χ0) is 25.7. The van der Waals surface area contributed by atoms with E-state index >= 15 is 0 Å². The van der Waals surface area contributed by atoms with E-state index in [-0.39, 0.29) is 23.6 Å². The summed E-state index contributed by atoms with van der Waals surface area (Å²) in [5.41, 5.74) is 5.74. The first-order chi connectivity index (χ1) is 17.4. The van der Waals surface area contributed by atoms with E-state index < -0.39 is 17.2 Å². The number of anilines is 2. The summed E-state index contributed by atoms with van der Waals surface area (Å²) in [5, 5.41) is 4.13. The van der Waals surface area contributed by atoms with E-state index in [1.165, 1.54) is 22.8 Å². The summed E-state index contributed by atoms with van der Waals surface area (Å²) in [6.07, 6.45) is 6.26. The van der Waals surface area contributed by atoms with Crippen LogP contribution in [-0.4, -0.2) is 37.3 Å². The van der Waals surface area contributed by atoms with Crippen molar-refractivity contribution in [2.45, 2.75) is 32.9 Å². The van der Waals surface area contributed by atoms with E-state index in [1.54, 1.807) is 59.5 Å². The number of aromatic amines is 1. The van der Waals surface area contributed by atoms with E-state index in [2.05, 4.69) is 15.1 Å². The molecule has 1 amide bonds. The Bertz CT molecular complexity index is 1460. The molecule has 0 aliphatic carbocycles. The highest BCUT2D eigenvalue weighted by molar-refractivity contribution is 6.07. The van der Waals surface area contributed by atoms with Gasteiger partial charge in [0.1, 0.15) is 11.6 Å². The Balaban J connectivity index is 1.82. The van der Waals surface area contributed by atoms with Gasteiger partial charge in [-0.15, -0.1) is 0 Å². The highest BCUT2D eigenvalue weighted by Crippen LogP contribution is 2.26. The number of carbonyl (C=O) groups excluding carboxylic acids is 1. The van der Waals surface area contributed by atoms with Crippen LogP contribution in [0.15, 0.2) is 70.6 Å². The minimum atomic E-state index is -0.755. The third-order valence-electron chi connectivity index (χ3n) is 5.72. The molecule has 0 aliphatic rings. The van der Waals surface area contributed by atoms with Crippen LogP contribution in [0.2, 0.25) is 0 Å². The van der Waals surface area contributed by atoms with E-state index in [0.29, 0.717) is 30.1 Å². The molecule has 0 bridgehead atoms. The van der Waals surface area contributed by atoms with Crippen LogP contribution < -0.4 is 26.6 Å². The largest absolute Gasteiger partial charge is 0.496 e. The molecular weight excluding hydrogens is 462 g/mol. The van der Waals surface area contributed by atoms with Crippen LogP contribution in [0.5, 0.6) is 5.75 Å². The molecule has 0 aliphatic heterocycles. The number of rotatable bonds is 9. The lowest BCUT2D eigenvalue weighted by atomic mass is 10.1. The number of para-hydroxylation sites is 1. The number of unbranched alkanes of at least 4 members (excludes halogenated alkanes) is 1. The average molecular weight is 490 g/mol. The summed E-state index contributed by atoms with van der Waals surface area (Å²) < 4.78 is 8.29. The molecule has 3 aromatic heterocycles. The van der Waals surface area contributed by atoms with Crippen molar-refractivity contribution in [3.05, 3.63) is 93.0 Å². The second-order valence-electron chi connectivity index (χ2n) is 8.06. The molecule has 11 heteroatoms. The number of carbonyl (C=O) groups is 1. The van der Waals surface area contributed by atoms with E-state index in [1.807, 2.05) is 6.92 Å². The molecule has 4 rings (SSSR count). The lowest BCUT2D eigenvalue weighted by Crippen LogP contribution is -2.41. The Morgan fingerprint density at radius 3 is 2.64 bits per heavy atom. The van der Waals surface area contributed by atoms with Gasteiger partial charge in [-0.3, -0.25) is 24.0 Å². The number of methoxy groups -OCH3 is 1. The Hall–Kier alpha value is -4.67. The molecule has 0 unspecified atom stereocenters. The lowest BCUT2D eigenvalue weighted by molar-refractivity contribution is 0.0984. The summed E-state index contributed by atoms with van der Waals surface area (Å²) in [4.78, 5) is 47.2. The normalized spacial score (nSPS) is 10.8. The third kappa shape index (κ3) is 4.90. The molecule has 0 radical (unpaired) electrons. The number of H-pyrrole nitrogens is 1. The van der Waals surface area contributed by atoms with Gasteiger partial charge in [-0.25, -0.2) is 14.5 Å². The van der Waals surface area contributed by atoms with Gasteiger partial charge in [0.05, 0.1) is 19.2 Å². The van der Waals surface area contributed by atoms with Crippen LogP contribution in [0.4, 0.5) is 11.5 Å². The molecule has 4 aromatic rings. The quantitative estimate of drug-likeness (QED) is 0.368. The second-order valence-corrected chi connectivity index (χ2v) is 8.06. The smallest absolute Gasteiger partial charge is 0.330 e. The number of nitrogen functional groups attached to an aromatic ring is 1. The van der Waals surface area contributed by atoms with Gasteiger partial charge in [0.15, 0.2) is 11.5 Å². The number of aromatic nitrogens is 5. The van der Waals surface area contributed by atoms with Gasteiger partial charge in [0.2, 0.25) is 0 Å². The molecule has 0 saturated heterocycles.